The fourth-order valence-electron chi connectivity index (χ4n) is 3.11. The van der Waals surface area contributed by atoms with E-state index in [1.165, 1.54) is 10.7 Å². The monoisotopic (exact) mass is 343 g/mol. The molecular weight excluding hydrogens is 318 g/mol. The van der Waals surface area contributed by atoms with E-state index in [9.17, 15) is 9.59 Å². The molecule has 0 atom stereocenters. The highest BCUT2D eigenvalue weighted by atomic mass is 16.2. The zero-order valence-corrected chi connectivity index (χ0v) is 14.9. The lowest BCUT2D eigenvalue weighted by Gasteiger charge is -2.35. The molecule has 0 aliphatic carbocycles. The highest BCUT2D eigenvalue weighted by molar-refractivity contribution is 6.43. The summed E-state index contributed by atoms with van der Waals surface area (Å²) < 4.78 is 0. The number of hydrogen-bond donors (Lipinski definition) is 1. The fraction of sp³-hybridized carbons (Fsp3) is 0.500. The number of carbonyl (C=O) groups excluding carboxylic acids is 2. The van der Waals surface area contributed by atoms with Gasteiger partial charge in [0, 0.05) is 57.4 Å². The van der Waals surface area contributed by atoms with Crippen LogP contribution in [0.4, 0.5) is 11.4 Å². The number of nitrogens with one attached hydrogen (secondary N) is 1. The van der Waals surface area contributed by atoms with Gasteiger partial charge in [-0.05, 0) is 30.8 Å². The Balaban J connectivity index is 1.58. The van der Waals surface area contributed by atoms with Crippen LogP contribution in [0.25, 0.3) is 0 Å². The lowest BCUT2D eigenvalue weighted by Crippen LogP contribution is -2.46. The van der Waals surface area contributed by atoms with Gasteiger partial charge >= 0.3 is 0 Å². The van der Waals surface area contributed by atoms with E-state index >= 15 is 0 Å². The van der Waals surface area contributed by atoms with Crippen LogP contribution in [0.3, 0.4) is 0 Å². The Bertz CT molecular complexity index is 663. The summed E-state index contributed by atoms with van der Waals surface area (Å²) in [5.74, 6) is -0.312. The van der Waals surface area contributed by atoms with Gasteiger partial charge in [-0.15, -0.1) is 0 Å². The second kappa shape index (κ2) is 7.65. The van der Waals surface area contributed by atoms with Gasteiger partial charge in [0.25, 0.3) is 5.91 Å². The molecule has 1 aromatic rings. The average molecular weight is 343 g/mol. The van der Waals surface area contributed by atoms with Crippen molar-refractivity contribution in [2.24, 2.45) is 5.10 Å². The summed E-state index contributed by atoms with van der Waals surface area (Å²) in [5, 5.41) is 8.13. The van der Waals surface area contributed by atoms with E-state index in [1.807, 2.05) is 24.3 Å². The highest BCUT2D eigenvalue weighted by Gasteiger charge is 2.22. The van der Waals surface area contributed by atoms with Crippen molar-refractivity contribution in [1.82, 2.24) is 9.91 Å². The molecule has 2 aliphatic rings. The Hall–Kier alpha value is -2.41. The first-order chi connectivity index (χ1) is 12.1. The SMILES string of the molecule is CCN1CCN(c2ccc(NC(=O)C3=NN(C)C(=O)CC3)cc2)CC1. The number of anilines is 2. The molecule has 134 valence electrons. The molecule has 1 aromatic carbocycles. The number of hydrogen-bond acceptors (Lipinski definition) is 5. The molecule has 0 saturated carbocycles. The lowest BCUT2D eigenvalue weighted by molar-refractivity contribution is -0.130. The van der Waals surface area contributed by atoms with E-state index in [-0.39, 0.29) is 11.8 Å². The van der Waals surface area contributed by atoms with E-state index < -0.39 is 0 Å². The second-order valence-corrected chi connectivity index (χ2v) is 6.39. The van der Waals surface area contributed by atoms with E-state index in [0.717, 1.165) is 38.4 Å². The van der Waals surface area contributed by atoms with E-state index in [1.54, 1.807) is 7.05 Å². The molecule has 0 unspecified atom stereocenters. The molecule has 3 rings (SSSR count). The zero-order valence-electron chi connectivity index (χ0n) is 14.9. The molecule has 7 heteroatoms. The van der Waals surface area contributed by atoms with Gasteiger partial charge in [0.1, 0.15) is 5.71 Å². The number of amides is 2. The first kappa shape index (κ1) is 17.4. The lowest BCUT2D eigenvalue weighted by atomic mass is 10.1. The third-order valence-corrected chi connectivity index (χ3v) is 4.78. The molecule has 0 spiro atoms. The quantitative estimate of drug-likeness (QED) is 0.897. The van der Waals surface area contributed by atoms with Crippen LogP contribution in [-0.2, 0) is 9.59 Å². The molecule has 25 heavy (non-hydrogen) atoms. The van der Waals surface area contributed by atoms with Gasteiger partial charge in [-0.2, -0.15) is 5.10 Å². The molecule has 2 heterocycles. The second-order valence-electron chi connectivity index (χ2n) is 6.39. The summed E-state index contributed by atoms with van der Waals surface area (Å²) in [6.45, 7) is 7.51. The van der Waals surface area contributed by atoms with E-state index in [4.69, 9.17) is 0 Å². The minimum absolute atomic E-state index is 0.0657. The largest absolute Gasteiger partial charge is 0.369 e. The van der Waals surface area contributed by atoms with E-state index in [2.05, 4.69) is 27.1 Å². The first-order valence-corrected chi connectivity index (χ1v) is 8.79. The van der Waals surface area contributed by atoms with Crippen LogP contribution in [-0.4, -0.2) is 67.2 Å². The van der Waals surface area contributed by atoms with Crippen LogP contribution in [0.2, 0.25) is 0 Å². The topological polar surface area (TPSA) is 68.2 Å². The van der Waals surface area contributed by atoms with Crippen molar-refractivity contribution < 1.29 is 9.59 Å². The standard InChI is InChI=1S/C18H25N5O2/c1-3-22-10-12-23(13-11-22)15-6-4-14(5-7-15)19-18(25)16-8-9-17(24)21(2)20-16/h4-7H,3,8-13H2,1-2H3,(H,19,25). The minimum atomic E-state index is -0.247. The third kappa shape index (κ3) is 4.17. The van der Waals surface area contributed by atoms with Gasteiger partial charge in [-0.1, -0.05) is 6.92 Å². The molecular formula is C18H25N5O2. The van der Waals surface area contributed by atoms with Gasteiger partial charge in [0.2, 0.25) is 5.91 Å². The molecule has 1 saturated heterocycles. The van der Waals surface area contributed by atoms with Crippen molar-refractivity contribution in [3.63, 3.8) is 0 Å². The molecule has 0 bridgehead atoms. The van der Waals surface area contributed by atoms with Crippen LogP contribution in [0.15, 0.2) is 29.4 Å². The van der Waals surface area contributed by atoms with Gasteiger partial charge in [-0.3, -0.25) is 9.59 Å². The fourth-order valence-corrected chi connectivity index (χ4v) is 3.11. The van der Waals surface area contributed by atoms with Crippen molar-refractivity contribution in [3.8, 4) is 0 Å². The number of nitrogens with zero attached hydrogens (tertiary/aromatic N) is 4. The van der Waals surface area contributed by atoms with Gasteiger partial charge in [0.15, 0.2) is 0 Å². The average Bonchev–Trinajstić information content (AvgIpc) is 2.64. The first-order valence-electron chi connectivity index (χ1n) is 8.79. The summed E-state index contributed by atoms with van der Waals surface area (Å²) in [6.07, 6.45) is 0.709. The van der Waals surface area contributed by atoms with E-state index in [0.29, 0.717) is 18.6 Å². The van der Waals surface area contributed by atoms with Crippen LogP contribution >= 0.6 is 0 Å². The molecule has 0 radical (unpaired) electrons. The number of carbonyl (C=O) groups is 2. The van der Waals surface area contributed by atoms with Crippen LogP contribution in [0, 0.1) is 0 Å². The molecule has 2 amide bonds. The summed E-state index contributed by atoms with van der Waals surface area (Å²) in [4.78, 5) is 28.5. The summed E-state index contributed by atoms with van der Waals surface area (Å²) in [7, 11) is 1.57. The van der Waals surface area contributed by atoms with Crippen molar-refractivity contribution in [1.29, 1.82) is 0 Å². The maximum Gasteiger partial charge on any atom is 0.271 e. The van der Waals surface area contributed by atoms with Crippen LogP contribution < -0.4 is 10.2 Å². The predicted octanol–water partition coefficient (Wildman–Crippen LogP) is 1.38. The number of rotatable bonds is 4. The number of hydrazone groups is 1. The number of likely N-dealkylation sites (N-methyl/N-ethyl adjacent to an activating group) is 1. The van der Waals surface area contributed by atoms with Crippen molar-refractivity contribution in [2.45, 2.75) is 19.8 Å². The number of benzene rings is 1. The molecule has 7 nitrogen and oxygen atoms in total. The van der Waals surface area contributed by atoms with Crippen LogP contribution in [0.5, 0.6) is 0 Å². The van der Waals surface area contributed by atoms with Gasteiger partial charge in [-0.25, -0.2) is 5.01 Å². The smallest absolute Gasteiger partial charge is 0.271 e. The Labute approximate surface area is 148 Å². The van der Waals surface area contributed by atoms with Gasteiger partial charge in [0.05, 0.1) is 0 Å². The predicted molar refractivity (Wildman–Crippen MR) is 98.8 cm³/mol. The molecule has 1 N–H and O–H groups in total. The normalized spacial score (nSPS) is 19.0. The Morgan fingerprint density at radius 1 is 1.12 bits per heavy atom. The maximum absolute atomic E-state index is 12.3. The van der Waals surface area contributed by atoms with Crippen molar-refractivity contribution >= 4 is 28.9 Å². The maximum atomic E-state index is 12.3. The summed E-state index contributed by atoms with van der Waals surface area (Å²) >= 11 is 0. The highest BCUT2D eigenvalue weighted by Crippen LogP contribution is 2.20. The van der Waals surface area contributed by atoms with Crippen LogP contribution in [0.1, 0.15) is 19.8 Å². The molecule has 2 aliphatic heterocycles. The zero-order chi connectivity index (χ0) is 17.8. The Morgan fingerprint density at radius 3 is 2.40 bits per heavy atom. The van der Waals surface area contributed by atoms with Crippen molar-refractivity contribution in [3.05, 3.63) is 24.3 Å². The summed E-state index contributed by atoms with van der Waals surface area (Å²) in [5.41, 5.74) is 2.30. The third-order valence-electron chi connectivity index (χ3n) is 4.78. The molecule has 1 fully saturated rings. The van der Waals surface area contributed by atoms with Crippen molar-refractivity contribution in [2.75, 3.05) is 50.0 Å². The number of piperazine rings is 1. The Morgan fingerprint density at radius 2 is 1.80 bits per heavy atom. The minimum Gasteiger partial charge on any atom is -0.369 e. The summed E-state index contributed by atoms with van der Waals surface area (Å²) in [6, 6.07) is 7.90. The molecule has 0 aromatic heterocycles. The Kier molecular flexibility index (Phi) is 5.33. The van der Waals surface area contributed by atoms with Gasteiger partial charge < -0.3 is 15.1 Å².